The number of para-hydroxylation sites is 2. The number of carbonyl (C=O) groups excluding carboxylic acids is 1. The molecule has 0 bridgehead atoms. The van der Waals surface area contributed by atoms with Gasteiger partial charge in [-0.15, -0.1) is 0 Å². The van der Waals surface area contributed by atoms with Crippen LogP contribution in [0.15, 0.2) is 24.3 Å². The summed E-state index contributed by atoms with van der Waals surface area (Å²) in [6, 6.07) is 6.40. The van der Waals surface area contributed by atoms with Crippen molar-refractivity contribution in [1.29, 1.82) is 0 Å². The van der Waals surface area contributed by atoms with E-state index in [4.69, 9.17) is 9.84 Å². The van der Waals surface area contributed by atoms with Crippen LogP contribution in [0, 0.1) is 5.92 Å². The van der Waals surface area contributed by atoms with Crippen LogP contribution < -0.4 is 15.4 Å². The maximum atomic E-state index is 11.8. The predicted molar refractivity (Wildman–Crippen MR) is 79.9 cm³/mol. The molecular formula is C15H20N2O5. The van der Waals surface area contributed by atoms with Crippen LogP contribution >= 0.6 is 0 Å². The van der Waals surface area contributed by atoms with Gasteiger partial charge in [-0.2, -0.15) is 0 Å². The molecule has 1 aliphatic carbocycles. The Kier molecular flexibility index (Phi) is 4.87. The number of ether oxygens (including phenoxy) is 1. The highest BCUT2D eigenvalue weighted by molar-refractivity contribution is 5.91. The monoisotopic (exact) mass is 308 g/mol. The van der Waals surface area contributed by atoms with Crippen LogP contribution in [0.1, 0.15) is 19.8 Å². The second-order valence-corrected chi connectivity index (χ2v) is 5.64. The highest BCUT2D eigenvalue weighted by atomic mass is 16.5. The van der Waals surface area contributed by atoms with Crippen LogP contribution in [0.5, 0.6) is 5.75 Å². The summed E-state index contributed by atoms with van der Waals surface area (Å²) in [4.78, 5) is 22.6. The van der Waals surface area contributed by atoms with E-state index < -0.39 is 24.1 Å². The molecule has 1 saturated carbocycles. The molecule has 1 fully saturated rings. The smallest absolute Gasteiger partial charge is 0.337 e. The first-order valence-corrected chi connectivity index (χ1v) is 7.11. The van der Waals surface area contributed by atoms with E-state index in [9.17, 15) is 14.7 Å². The number of carboxylic acids is 1. The minimum absolute atomic E-state index is 0.404. The molecule has 2 rings (SSSR count). The fourth-order valence-electron chi connectivity index (χ4n) is 1.68. The molecule has 0 spiro atoms. The average molecular weight is 308 g/mol. The molecule has 1 aromatic rings. The number of amides is 2. The maximum absolute atomic E-state index is 11.8. The molecule has 1 atom stereocenters. The number of benzene rings is 1. The van der Waals surface area contributed by atoms with Crippen LogP contribution in [0.2, 0.25) is 0 Å². The Morgan fingerprint density at radius 3 is 2.68 bits per heavy atom. The number of anilines is 1. The number of nitrogens with one attached hydrogen (secondary N) is 2. The molecular weight excluding hydrogens is 288 g/mol. The second kappa shape index (κ2) is 6.65. The quantitative estimate of drug-likeness (QED) is 0.609. The lowest BCUT2D eigenvalue weighted by atomic mass is 10.1. The number of carboxylic acid groups (broad SMARTS) is 1. The summed E-state index contributed by atoms with van der Waals surface area (Å²) in [5.41, 5.74) is -1.52. The van der Waals surface area contributed by atoms with Gasteiger partial charge >= 0.3 is 12.0 Å². The molecule has 0 heterocycles. The van der Waals surface area contributed by atoms with E-state index in [1.165, 1.54) is 12.8 Å². The number of urea groups is 1. The Hall–Kier alpha value is -2.28. The largest absolute Gasteiger partial charge is 0.491 e. The Morgan fingerprint density at radius 1 is 1.36 bits per heavy atom. The van der Waals surface area contributed by atoms with Gasteiger partial charge in [0, 0.05) is 0 Å². The molecule has 22 heavy (non-hydrogen) atoms. The first-order valence-electron chi connectivity index (χ1n) is 7.11. The molecule has 1 aliphatic rings. The number of aliphatic hydroxyl groups is 1. The van der Waals surface area contributed by atoms with Crippen molar-refractivity contribution in [2.24, 2.45) is 5.92 Å². The summed E-state index contributed by atoms with van der Waals surface area (Å²) in [7, 11) is 0. The lowest BCUT2D eigenvalue weighted by molar-refractivity contribution is -0.155. The summed E-state index contributed by atoms with van der Waals surface area (Å²) < 4.78 is 5.66. The van der Waals surface area contributed by atoms with Gasteiger partial charge in [-0.05, 0) is 37.8 Å². The Labute approximate surface area is 128 Å². The Morgan fingerprint density at radius 2 is 2.05 bits per heavy atom. The van der Waals surface area contributed by atoms with Crippen molar-refractivity contribution in [3.05, 3.63) is 24.3 Å². The van der Waals surface area contributed by atoms with Crippen molar-refractivity contribution in [3.8, 4) is 5.75 Å². The molecule has 2 amide bonds. The third-order valence-corrected chi connectivity index (χ3v) is 3.36. The summed E-state index contributed by atoms with van der Waals surface area (Å²) >= 11 is 0. The van der Waals surface area contributed by atoms with E-state index in [-0.39, 0.29) is 0 Å². The van der Waals surface area contributed by atoms with Gasteiger partial charge in [0.1, 0.15) is 5.75 Å². The standard InChI is InChI=1S/C15H20N2O5/c1-15(21,13(18)19)9-16-14(20)17-11-4-2-3-5-12(11)22-8-10-6-7-10/h2-5,10,21H,6-9H2,1H3,(H,18,19)(H2,16,17,20). The van der Waals surface area contributed by atoms with E-state index in [1.807, 2.05) is 0 Å². The van der Waals surface area contributed by atoms with Gasteiger partial charge in [-0.3, -0.25) is 0 Å². The van der Waals surface area contributed by atoms with Gasteiger partial charge in [0.2, 0.25) is 0 Å². The van der Waals surface area contributed by atoms with Gasteiger partial charge in [-0.25, -0.2) is 9.59 Å². The van der Waals surface area contributed by atoms with E-state index >= 15 is 0 Å². The fraction of sp³-hybridized carbons (Fsp3) is 0.467. The van der Waals surface area contributed by atoms with Crippen molar-refractivity contribution < 1.29 is 24.5 Å². The van der Waals surface area contributed by atoms with Gasteiger partial charge in [0.15, 0.2) is 5.60 Å². The van der Waals surface area contributed by atoms with Crippen molar-refractivity contribution in [2.45, 2.75) is 25.4 Å². The topological polar surface area (TPSA) is 108 Å². The molecule has 0 radical (unpaired) electrons. The predicted octanol–water partition coefficient (Wildman–Crippen LogP) is 1.43. The zero-order chi connectivity index (χ0) is 16.2. The molecule has 1 unspecified atom stereocenters. The third kappa shape index (κ3) is 4.63. The third-order valence-electron chi connectivity index (χ3n) is 3.36. The lowest BCUT2D eigenvalue weighted by Crippen LogP contribution is -2.47. The number of hydrogen-bond acceptors (Lipinski definition) is 4. The second-order valence-electron chi connectivity index (χ2n) is 5.64. The van der Waals surface area contributed by atoms with Gasteiger partial charge in [-0.1, -0.05) is 12.1 Å². The van der Waals surface area contributed by atoms with Crippen molar-refractivity contribution in [2.75, 3.05) is 18.5 Å². The molecule has 4 N–H and O–H groups in total. The average Bonchev–Trinajstić information content (AvgIpc) is 3.28. The summed E-state index contributed by atoms with van der Waals surface area (Å²) in [5.74, 6) is -0.247. The van der Waals surface area contributed by atoms with E-state index in [2.05, 4.69) is 10.6 Å². The number of carbonyl (C=O) groups is 2. The SMILES string of the molecule is CC(O)(CNC(=O)Nc1ccccc1OCC1CC1)C(=O)O. The van der Waals surface area contributed by atoms with Crippen molar-refractivity contribution in [3.63, 3.8) is 0 Å². The van der Waals surface area contributed by atoms with Crippen LogP contribution in [-0.4, -0.2) is 41.0 Å². The maximum Gasteiger partial charge on any atom is 0.337 e. The Bertz CT molecular complexity index is 555. The molecule has 120 valence electrons. The van der Waals surface area contributed by atoms with Crippen LogP contribution in [0.3, 0.4) is 0 Å². The number of hydrogen-bond donors (Lipinski definition) is 4. The minimum atomic E-state index is -2.01. The molecule has 1 aromatic carbocycles. The summed E-state index contributed by atoms with van der Waals surface area (Å²) in [5, 5.41) is 23.2. The van der Waals surface area contributed by atoms with Crippen LogP contribution in [0.4, 0.5) is 10.5 Å². The minimum Gasteiger partial charge on any atom is -0.491 e. The first kappa shape index (κ1) is 16.1. The van der Waals surface area contributed by atoms with Crippen molar-refractivity contribution in [1.82, 2.24) is 5.32 Å². The van der Waals surface area contributed by atoms with Gasteiger partial charge in [0.05, 0.1) is 18.8 Å². The first-order chi connectivity index (χ1) is 10.4. The summed E-state index contributed by atoms with van der Waals surface area (Å²) in [6.07, 6.45) is 2.33. The molecule has 0 aliphatic heterocycles. The van der Waals surface area contributed by atoms with Crippen LogP contribution in [0.25, 0.3) is 0 Å². The van der Waals surface area contributed by atoms with E-state index in [1.54, 1.807) is 24.3 Å². The molecule has 7 nitrogen and oxygen atoms in total. The number of aliphatic carboxylic acids is 1. The van der Waals surface area contributed by atoms with Gasteiger partial charge in [0.25, 0.3) is 0 Å². The van der Waals surface area contributed by atoms with E-state index in [0.29, 0.717) is 24.0 Å². The molecule has 0 saturated heterocycles. The molecule has 0 aromatic heterocycles. The fourth-order valence-corrected chi connectivity index (χ4v) is 1.68. The number of rotatable bonds is 7. The molecule has 7 heteroatoms. The van der Waals surface area contributed by atoms with E-state index in [0.717, 1.165) is 6.92 Å². The zero-order valence-corrected chi connectivity index (χ0v) is 12.3. The highest BCUT2D eigenvalue weighted by Crippen LogP contribution is 2.31. The zero-order valence-electron chi connectivity index (χ0n) is 12.3. The van der Waals surface area contributed by atoms with Crippen molar-refractivity contribution >= 4 is 17.7 Å². The Balaban J connectivity index is 1.89. The normalized spacial score (nSPS) is 16.5. The lowest BCUT2D eigenvalue weighted by Gasteiger charge is -2.19. The van der Waals surface area contributed by atoms with Crippen LogP contribution in [-0.2, 0) is 4.79 Å². The summed E-state index contributed by atoms with van der Waals surface area (Å²) in [6.45, 7) is 1.33. The van der Waals surface area contributed by atoms with Gasteiger partial charge < -0.3 is 25.6 Å². The highest BCUT2D eigenvalue weighted by Gasteiger charge is 2.30.